The summed E-state index contributed by atoms with van der Waals surface area (Å²) in [4.78, 5) is 18.1. The van der Waals surface area contributed by atoms with Crippen molar-refractivity contribution < 1.29 is 14.4 Å². The first-order valence-corrected chi connectivity index (χ1v) is 8.16. The summed E-state index contributed by atoms with van der Waals surface area (Å²) < 4.78 is 5.13. The number of carbonyl (C=O) groups is 1. The van der Waals surface area contributed by atoms with E-state index in [9.17, 15) is 4.79 Å². The fourth-order valence-corrected chi connectivity index (χ4v) is 2.84. The third-order valence-corrected chi connectivity index (χ3v) is 3.94. The topological polar surface area (TPSA) is 38.8 Å². The van der Waals surface area contributed by atoms with Crippen molar-refractivity contribution in [2.75, 3.05) is 11.7 Å². The predicted molar refractivity (Wildman–Crippen MR) is 94.1 cm³/mol. The van der Waals surface area contributed by atoms with E-state index in [1.54, 1.807) is 0 Å². The van der Waals surface area contributed by atoms with Crippen LogP contribution in [0.3, 0.4) is 0 Å². The summed E-state index contributed by atoms with van der Waals surface area (Å²) in [7, 11) is 0. The van der Waals surface area contributed by atoms with Crippen LogP contribution in [0, 0.1) is 0 Å². The summed E-state index contributed by atoms with van der Waals surface area (Å²) in [6.45, 7) is 4.15. The summed E-state index contributed by atoms with van der Waals surface area (Å²) in [6, 6.07) is 19.9. The van der Waals surface area contributed by atoms with Crippen LogP contribution in [0.2, 0.25) is 0 Å². The Morgan fingerprint density at radius 2 is 1.71 bits per heavy atom. The molecule has 0 aromatic heterocycles. The highest BCUT2D eigenvalue weighted by Gasteiger charge is 2.33. The molecule has 0 aliphatic carbocycles. The minimum Gasteiger partial charge on any atom is -0.466 e. The molecule has 4 heteroatoms. The molecule has 0 bridgehead atoms. The molecule has 3 rings (SSSR count). The Balaban J connectivity index is 2.05. The van der Waals surface area contributed by atoms with Crippen molar-refractivity contribution in [1.29, 1.82) is 0 Å². The maximum atomic E-state index is 12.0. The average Bonchev–Trinajstić information content (AvgIpc) is 2.93. The Labute approximate surface area is 142 Å². The van der Waals surface area contributed by atoms with Crippen LogP contribution in [0.25, 0.3) is 5.70 Å². The number of para-hydroxylation sites is 1. The highest BCUT2D eigenvalue weighted by molar-refractivity contribution is 5.86. The zero-order valence-electron chi connectivity index (χ0n) is 13.9. The van der Waals surface area contributed by atoms with E-state index in [4.69, 9.17) is 9.57 Å². The van der Waals surface area contributed by atoms with E-state index in [1.165, 1.54) is 0 Å². The molecular formula is C20H21NO3. The lowest BCUT2D eigenvalue weighted by Crippen LogP contribution is -2.18. The van der Waals surface area contributed by atoms with Crippen LogP contribution in [0.15, 0.2) is 66.2 Å². The molecule has 124 valence electrons. The van der Waals surface area contributed by atoms with E-state index in [0.29, 0.717) is 6.61 Å². The highest BCUT2D eigenvalue weighted by atomic mass is 16.7. The summed E-state index contributed by atoms with van der Waals surface area (Å²) in [6.07, 6.45) is 0.0348. The summed E-state index contributed by atoms with van der Waals surface area (Å²) in [5, 5.41) is 1.81. The Kier molecular flexibility index (Phi) is 4.96. The molecule has 1 atom stereocenters. The van der Waals surface area contributed by atoms with Crippen molar-refractivity contribution in [2.24, 2.45) is 0 Å². The minimum absolute atomic E-state index is 0.190. The largest absolute Gasteiger partial charge is 0.466 e. The zero-order valence-corrected chi connectivity index (χ0v) is 13.9. The van der Waals surface area contributed by atoms with E-state index in [-0.39, 0.29) is 18.5 Å². The normalized spacial score (nSPS) is 17.2. The van der Waals surface area contributed by atoms with Crippen molar-refractivity contribution in [3.63, 3.8) is 0 Å². The fourth-order valence-electron chi connectivity index (χ4n) is 2.84. The molecule has 0 fully saturated rings. The fraction of sp³-hybridized carbons (Fsp3) is 0.250. The van der Waals surface area contributed by atoms with Gasteiger partial charge in [0.05, 0.1) is 24.4 Å². The molecule has 24 heavy (non-hydrogen) atoms. The Hall–Kier alpha value is -2.59. The Morgan fingerprint density at radius 3 is 2.33 bits per heavy atom. The number of carbonyl (C=O) groups excluding carboxylic acids is 1. The number of hydrogen-bond donors (Lipinski definition) is 0. The smallest absolute Gasteiger partial charge is 0.310 e. The van der Waals surface area contributed by atoms with Gasteiger partial charge in [-0.1, -0.05) is 48.5 Å². The molecule has 4 nitrogen and oxygen atoms in total. The zero-order chi connectivity index (χ0) is 16.9. The van der Waals surface area contributed by atoms with Gasteiger partial charge in [-0.25, -0.2) is 5.06 Å². The summed E-state index contributed by atoms with van der Waals surface area (Å²) in [5.74, 6) is -0.230. The molecule has 1 aliphatic rings. The molecule has 0 N–H and O–H groups in total. The standard InChI is InChI=1S/C20H21NO3/c1-3-23-19(22)14-18-15(2)24-21(17-12-8-5-9-13-17)20(18)16-10-6-4-7-11-16/h4-13,15H,3,14H2,1-2H3/t15-/m1/s1. The maximum Gasteiger partial charge on any atom is 0.310 e. The van der Waals surface area contributed by atoms with E-state index >= 15 is 0 Å². The number of anilines is 1. The van der Waals surface area contributed by atoms with Crippen LogP contribution in [-0.4, -0.2) is 18.7 Å². The molecule has 2 aromatic rings. The van der Waals surface area contributed by atoms with Gasteiger partial charge in [0.1, 0.15) is 6.10 Å². The van der Waals surface area contributed by atoms with Crippen LogP contribution < -0.4 is 5.06 Å². The van der Waals surface area contributed by atoms with Crippen molar-refractivity contribution in [3.05, 3.63) is 71.8 Å². The SMILES string of the molecule is CCOC(=O)CC1=C(c2ccccc2)N(c2ccccc2)O[C@@H]1C. The molecule has 0 amide bonds. The number of esters is 1. The first-order chi connectivity index (χ1) is 11.7. The lowest BCUT2D eigenvalue weighted by atomic mass is 10.0. The van der Waals surface area contributed by atoms with Crippen molar-refractivity contribution in [2.45, 2.75) is 26.4 Å². The number of nitrogens with zero attached hydrogens (tertiary/aromatic N) is 1. The van der Waals surface area contributed by atoms with Gasteiger partial charge in [0.25, 0.3) is 0 Å². The minimum atomic E-state index is -0.230. The van der Waals surface area contributed by atoms with Gasteiger partial charge in [-0.2, -0.15) is 0 Å². The second kappa shape index (κ2) is 7.32. The van der Waals surface area contributed by atoms with Gasteiger partial charge in [0.15, 0.2) is 0 Å². The molecule has 0 spiro atoms. The van der Waals surface area contributed by atoms with Crippen molar-refractivity contribution in [1.82, 2.24) is 0 Å². The van der Waals surface area contributed by atoms with Crippen molar-refractivity contribution in [3.8, 4) is 0 Å². The quantitative estimate of drug-likeness (QED) is 0.773. The van der Waals surface area contributed by atoms with Crippen LogP contribution in [0.1, 0.15) is 25.8 Å². The number of benzene rings is 2. The predicted octanol–water partition coefficient (Wildman–Crippen LogP) is 4.19. The Bertz CT molecular complexity index is 725. The van der Waals surface area contributed by atoms with Gasteiger partial charge >= 0.3 is 5.97 Å². The lowest BCUT2D eigenvalue weighted by Gasteiger charge is -2.21. The molecule has 1 aliphatic heterocycles. The highest BCUT2D eigenvalue weighted by Crippen LogP contribution is 2.38. The van der Waals surface area contributed by atoms with Gasteiger partial charge in [0.2, 0.25) is 0 Å². The van der Waals surface area contributed by atoms with Gasteiger partial charge in [-0.05, 0) is 31.6 Å². The molecule has 2 aromatic carbocycles. The second-order valence-electron chi connectivity index (χ2n) is 5.60. The number of rotatable bonds is 5. The van der Waals surface area contributed by atoms with Crippen LogP contribution in [-0.2, 0) is 14.4 Å². The average molecular weight is 323 g/mol. The van der Waals surface area contributed by atoms with Gasteiger partial charge in [-0.15, -0.1) is 0 Å². The molecule has 0 saturated carbocycles. The number of ether oxygens (including phenoxy) is 1. The molecule has 0 unspecified atom stereocenters. The first-order valence-electron chi connectivity index (χ1n) is 8.16. The third-order valence-electron chi connectivity index (χ3n) is 3.94. The molecule has 0 saturated heterocycles. The second-order valence-corrected chi connectivity index (χ2v) is 5.60. The number of hydrogen-bond acceptors (Lipinski definition) is 4. The van der Waals surface area contributed by atoms with Crippen LogP contribution in [0.5, 0.6) is 0 Å². The summed E-state index contributed by atoms with van der Waals surface area (Å²) in [5.41, 5.74) is 3.80. The lowest BCUT2D eigenvalue weighted by molar-refractivity contribution is -0.142. The molecular weight excluding hydrogens is 302 g/mol. The molecule has 1 heterocycles. The monoisotopic (exact) mass is 323 g/mol. The maximum absolute atomic E-state index is 12.0. The van der Waals surface area contributed by atoms with Crippen LogP contribution >= 0.6 is 0 Å². The van der Waals surface area contributed by atoms with E-state index in [0.717, 1.165) is 22.5 Å². The van der Waals surface area contributed by atoms with Gasteiger partial charge in [-0.3, -0.25) is 9.63 Å². The Morgan fingerprint density at radius 1 is 1.08 bits per heavy atom. The summed E-state index contributed by atoms with van der Waals surface area (Å²) >= 11 is 0. The first kappa shape index (κ1) is 16.3. The van der Waals surface area contributed by atoms with E-state index < -0.39 is 0 Å². The number of hydroxylamine groups is 1. The van der Waals surface area contributed by atoms with E-state index in [2.05, 4.69) is 0 Å². The van der Waals surface area contributed by atoms with E-state index in [1.807, 2.05) is 79.6 Å². The van der Waals surface area contributed by atoms with Gasteiger partial charge in [0, 0.05) is 5.56 Å². The molecule has 0 radical (unpaired) electrons. The third kappa shape index (κ3) is 3.34. The van der Waals surface area contributed by atoms with Crippen molar-refractivity contribution >= 4 is 17.4 Å². The van der Waals surface area contributed by atoms with Gasteiger partial charge < -0.3 is 4.74 Å². The van der Waals surface area contributed by atoms with Crippen LogP contribution in [0.4, 0.5) is 5.69 Å².